The maximum Gasteiger partial charge on any atom is 2.00 e. The standard InChI is InChI=1S/C52H44N2O2.Ni/c55-47(33-43-23-11-19-39-15-3-7-27-51(39)43)35-45(31-41-21-9-17-37-13-1-5-25-49(37)41)53-29-30-54-46(32-42-22-10-18-38-14-2-6-26-50(38)42)36-48(56)34-44-24-12-20-40-16-4-8-28-52(40)44;/h1-28,35-36,55-56H,29-34H2;/q;+2/p-2/b47-35-,48-36-,53-45?,54-46?;. The quantitative estimate of drug-likeness (QED) is 0.0506. The maximum atomic E-state index is 13.7. The molecule has 8 aromatic rings. The van der Waals surface area contributed by atoms with Crippen LogP contribution in [0.2, 0.25) is 0 Å². The molecule has 8 aromatic carbocycles. The molecule has 8 rings (SSSR count). The number of aliphatic imine (C=N–C) groups is 2. The summed E-state index contributed by atoms with van der Waals surface area (Å²) in [5.74, 6) is 0.0145. The Kier molecular flexibility index (Phi) is 12.7. The molecule has 0 bridgehead atoms. The number of fused-ring (bicyclic) bond motifs is 4. The SMILES string of the molecule is [Ni+2].[O-]/C(=C\C(Cc1cccc2ccccc12)=NCCN=C(/C=C(\[O-])Cc1cccc2ccccc12)Cc1cccc2ccccc12)Cc1cccc2ccccc12. The first kappa shape index (κ1) is 39.0. The van der Waals surface area contributed by atoms with Gasteiger partial charge < -0.3 is 10.2 Å². The van der Waals surface area contributed by atoms with E-state index >= 15 is 0 Å². The summed E-state index contributed by atoms with van der Waals surface area (Å²) in [5, 5.41) is 36.4. The molecule has 0 aliphatic rings. The fraction of sp³-hybridized carbons (Fsp3) is 0.115. The van der Waals surface area contributed by atoms with Crippen LogP contribution in [-0.4, -0.2) is 24.5 Å². The molecule has 282 valence electrons. The van der Waals surface area contributed by atoms with Crippen LogP contribution in [0.25, 0.3) is 43.1 Å². The molecule has 0 spiro atoms. The predicted molar refractivity (Wildman–Crippen MR) is 231 cm³/mol. The third-order valence-corrected chi connectivity index (χ3v) is 10.4. The normalized spacial score (nSPS) is 12.7. The summed E-state index contributed by atoms with van der Waals surface area (Å²) in [5.41, 5.74) is 5.66. The monoisotopic (exact) mass is 784 g/mol. The number of nitrogens with zero attached hydrogens (tertiary/aromatic N) is 2. The summed E-state index contributed by atoms with van der Waals surface area (Å²) in [6, 6.07) is 57.7. The minimum atomic E-state index is 0. The van der Waals surface area contributed by atoms with Crippen LogP contribution in [0.4, 0.5) is 0 Å². The van der Waals surface area contributed by atoms with Crippen molar-refractivity contribution in [2.75, 3.05) is 13.1 Å². The number of rotatable bonds is 13. The van der Waals surface area contributed by atoms with E-state index in [0.29, 0.717) is 37.4 Å². The second-order valence-corrected chi connectivity index (χ2v) is 14.2. The molecule has 0 saturated carbocycles. The van der Waals surface area contributed by atoms with Gasteiger partial charge in [0.2, 0.25) is 0 Å². The third kappa shape index (κ3) is 9.58. The van der Waals surface area contributed by atoms with Gasteiger partial charge in [0.15, 0.2) is 0 Å². The number of allylic oxidation sites excluding steroid dienone is 4. The van der Waals surface area contributed by atoms with Crippen molar-refractivity contribution in [1.29, 1.82) is 0 Å². The first-order valence-electron chi connectivity index (χ1n) is 19.3. The average Bonchev–Trinajstić information content (AvgIpc) is 3.23. The Labute approximate surface area is 344 Å². The molecule has 0 N–H and O–H groups in total. The second-order valence-electron chi connectivity index (χ2n) is 14.2. The van der Waals surface area contributed by atoms with Gasteiger partial charge in [0.1, 0.15) is 0 Å². The summed E-state index contributed by atoms with van der Waals surface area (Å²) in [6.45, 7) is 0.755. The van der Waals surface area contributed by atoms with Crippen LogP contribution in [-0.2, 0) is 42.2 Å². The van der Waals surface area contributed by atoms with E-state index in [9.17, 15) is 10.2 Å². The van der Waals surface area contributed by atoms with Gasteiger partial charge in [-0.3, -0.25) is 9.98 Å². The Morgan fingerprint density at radius 3 is 0.930 bits per heavy atom. The van der Waals surface area contributed by atoms with Gasteiger partial charge >= 0.3 is 16.5 Å². The molecule has 0 amide bonds. The van der Waals surface area contributed by atoms with Crippen LogP contribution >= 0.6 is 0 Å². The Balaban J connectivity index is 0.00000496. The van der Waals surface area contributed by atoms with Gasteiger partial charge in [-0.1, -0.05) is 182 Å². The van der Waals surface area contributed by atoms with Gasteiger partial charge in [-0.25, -0.2) is 0 Å². The van der Waals surface area contributed by atoms with Crippen molar-refractivity contribution < 1.29 is 26.7 Å². The van der Waals surface area contributed by atoms with Crippen molar-refractivity contribution >= 4 is 54.5 Å². The van der Waals surface area contributed by atoms with E-state index in [1.807, 2.05) is 72.8 Å². The summed E-state index contributed by atoms with van der Waals surface area (Å²) >= 11 is 0. The molecular formula is C52H42N2NiO2. The summed E-state index contributed by atoms with van der Waals surface area (Å²) < 4.78 is 0. The third-order valence-electron chi connectivity index (χ3n) is 10.4. The first-order valence-corrected chi connectivity index (χ1v) is 19.3. The van der Waals surface area contributed by atoms with Crippen molar-refractivity contribution in [3.05, 3.63) is 216 Å². The molecule has 0 saturated heterocycles. The number of hydrogen-bond donors (Lipinski definition) is 0. The zero-order valence-electron chi connectivity index (χ0n) is 31.6. The molecule has 0 unspecified atom stereocenters. The van der Waals surface area contributed by atoms with Crippen LogP contribution in [0, 0.1) is 0 Å². The van der Waals surface area contributed by atoms with Gasteiger partial charge in [-0.05, 0) is 78.2 Å². The number of hydrogen-bond acceptors (Lipinski definition) is 4. The second kappa shape index (κ2) is 18.6. The van der Waals surface area contributed by atoms with Gasteiger partial charge in [-0.2, -0.15) is 0 Å². The topological polar surface area (TPSA) is 70.8 Å². The Hall–Kier alpha value is -6.29. The van der Waals surface area contributed by atoms with Gasteiger partial charge in [0.05, 0.1) is 13.1 Å². The minimum absolute atomic E-state index is 0. The Morgan fingerprint density at radius 2 is 0.614 bits per heavy atom. The molecule has 0 atom stereocenters. The predicted octanol–water partition coefficient (Wildman–Crippen LogP) is 9.94. The zero-order valence-corrected chi connectivity index (χ0v) is 32.6. The largest absolute Gasteiger partial charge is 2.00 e. The van der Waals surface area contributed by atoms with Gasteiger partial charge in [-0.15, -0.1) is 11.5 Å². The van der Waals surface area contributed by atoms with Gasteiger partial charge in [0.25, 0.3) is 0 Å². The fourth-order valence-electron chi connectivity index (χ4n) is 7.72. The Bertz CT molecular complexity index is 2590. The van der Waals surface area contributed by atoms with Crippen molar-refractivity contribution in [1.82, 2.24) is 0 Å². The van der Waals surface area contributed by atoms with E-state index in [1.165, 1.54) is 0 Å². The van der Waals surface area contributed by atoms with Crippen molar-refractivity contribution in [2.45, 2.75) is 25.7 Å². The molecule has 5 heteroatoms. The van der Waals surface area contributed by atoms with Crippen LogP contribution in [0.1, 0.15) is 22.3 Å². The zero-order chi connectivity index (χ0) is 38.1. The molecule has 4 nitrogen and oxygen atoms in total. The fourth-order valence-corrected chi connectivity index (χ4v) is 7.72. The van der Waals surface area contributed by atoms with Crippen LogP contribution in [0.15, 0.2) is 204 Å². The summed E-state index contributed by atoms with van der Waals surface area (Å²) in [7, 11) is 0. The van der Waals surface area contributed by atoms with E-state index in [1.54, 1.807) is 12.2 Å². The van der Waals surface area contributed by atoms with Crippen molar-refractivity contribution in [3.63, 3.8) is 0 Å². The molecule has 57 heavy (non-hydrogen) atoms. The summed E-state index contributed by atoms with van der Waals surface area (Å²) in [6.07, 6.45) is 5.04. The molecule has 0 aliphatic heterocycles. The molecule has 0 radical (unpaired) electrons. The molecule has 0 fully saturated rings. The van der Waals surface area contributed by atoms with Crippen LogP contribution in [0.3, 0.4) is 0 Å². The maximum absolute atomic E-state index is 13.7. The smallest absolute Gasteiger partial charge is 0.875 e. The average molecular weight is 786 g/mol. The van der Waals surface area contributed by atoms with E-state index < -0.39 is 0 Å². The summed E-state index contributed by atoms with van der Waals surface area (Å²) in [4.78, 5) is 10.0. The van der Waals surface area contributed by atoms with E-state index in [0.717, 1.165) is 65.3 Å². The first-order chi connectivity index (χ1) is 27.6. The molecule has 0 aliphatic carbocycles. The van der Waals surface area contributed by atoms with Crippen molar-refractivity contribution in [2.24, 2.45) is 9.98 Å². The van der Waals surface area contributed by atoms with E-state index in [4.69, 9.17) is 9.98 Å². The Morgan fingerprint density at radius 1 is 0.351 bits per heavy atom. The molecule has 0 heterocycles. The van der Waals surface area contributed by atoms with Crippen molar-refractivity contribution in [3.8, 4) is 0 Å². The van der Waals surface area contributed by atoms with E-state index in [2.05, 4.69) is 97.1 Å². The van der Waals surface area contributed by atoms with Gasteiger partial charge in [0, 0.05) is 24.3 Å². The minimum Gasteiger partial charge on any atom is -0.875 e. The number of benzene rings is 8. The van der Waals surface area contributed by atoms with Crippen LogP contribution in [0.5, 0.6) is 0 Å². The molecular weight excluding hydrogens is 743 g/mol. The van der Waals surface area contributed by atoms with E-state index in [-0.39, 0.29) is 40.9 Å². The van der Waals surface area contributed by atoms with Crippen LogP contribution < -0.4 is 10.2 Å². The molecule has 0 aromatic heterocycles.